The Morgan fingerprint density at radius 1 is 1.39 bits per heavy atom. The predicted octanol–water partition coefficient (Wildman–Crippen LogP) is 5.81. The van der Waals surface area contributed by atoms with Gasteiger partial charge in [0.05, 0.1) is 22.7 Å². The molecule has 0 fully saturated rings. The first kappa shape index (κ1) is 16.0. The molecule has 3 rings (SSSR count). The third-order valence-electron chi connectivity index (χ3n) is 3.67. The average Bonchev–Trinajstić information content (AvgIpc) is 3.19. The van der Waals surface area contributed by atoms with Gasteiger partial charge >= 0.3 is 0 Å². The van der Waals surface area contributed by atoms with Crippen LogP contribution in [-0.4, -0.2) is 4.57 Å². The highest BCUT2D eigenvalue weighted by Gasteiger charge is 2.14. The Labute approximate surface area is 142 Å². The highest BCUT2D eigenvalue weighted by molar-refractivity contribution is 7.07. The zero-order valence-corrected chi connectivity index (χ0v) is 14.4. The van der Waals surface area contributed by atoms with Crippen LogP contribution in [0.25, 0.3) is 11.5 Å². The van der Waals surface area contributed by atoms with Crippen LogP contribution in [0.5, 0.6) is 0 Å². The first-order valence-corrected chi connectivity index (χ1v) is 8.59. The van der Waals surface area contributed by atoms with E-state index in [-0.39, 0.29) is 11.1 Å². The molecular formula is C17H16ClFN2OS. The molecule has 0 amide bonds. The topological polar surface area (TPSA) is 30.4 Å². The van der Waals surface area contributed by atoms with Crippen molar-refractivity contribution in [1.82, 2.24) is 4.57 Å². The van der Waals surface area contributed by atoms with Gasteiger partial charge in [-0.15, -0.1) is 11.3 Å². The Bertz CT molecular complexity index is 867. The summed E-state index contributed by atoms with van der Waals surface area (Å²) in [7, 11) is 0. The molecule has 1 unspecified atom stereocenters. The Hall–Kier alpha value is -1.85. The summed E-state index contributed by atoms with van der Waals surface area (Å²) in [5, 5.41) is 2.11. The third kappa shape index (κ3) is 3.26. The van der Waals surface area contributed by atoms with Crippen LogP contribution >= 0.6 is 22.9 Å². The minimum atomic E-state index is -0.467. The van der Waals surface area contributed by atoms with Gasteiger partial charge in [0, 0.05) is 17.5 Å². The highest BCUT2D eigenvalue weighted by atomic mass is 35.5. The van der Waals surface area contributed by atoms with E-state index >= 15 is 0 Å². The molecule has 0 aliphatic heterocycles. The lowest BCUT2D eigenvalue weighted by atomic mass is 10.2. The van der Waals surface area contributed by atoms with E-state index in [0.717, 1.165) is 22.7 Å². The maximum atomic E-state index is 13.6. The summed E-state index contributed by atoms with van der Waals surface area (Å²) < 4.78 is 21.3. The molecular weight excluding hydrogens is 335 g/mol. The van der Waals surface area contributed by atoms with Crippen molar-refractivity contribution in [3.8, 4) is 11.5 Å². The van der Waals surface area contributed by atoms with Gasteiger partial charge in [-0.25, -0.2) is 9.38 Å². The van der Waals surface area contributed by atoms with E-state index in [1.54, 1.807) is 12.3 Å². The number of rotatable bonds is 4. The van der Waals surface area contributed by atoms with Crippen molar-refractivity contribution in [3.63, 3.8) is 0 Å². The van der Waals surface area contributed by atoms with Crippen LogP contribution in [0.2, 0.25) is 5.02 Å². The van der Waals surface area contributed by atoms with Crippen LogP contribution in [-0.2, 0) is 0 Å². The van der Waals surface area contributed by atoms with Crippen molar-refractivity contribution in [2.45, 2.75) is 26.3 Å². The molecule has 1 atom stereocenters. The van der Waals surface area contributed by atoms with Crippen LogP contribution in [0.15, 0.2) is 51.4 Å². The maximum absolute atomic E-state index is 13.6. The lowest BCUT2D eigenvalue weighted by molar-refractivity contribution is 0.509. The summed E-state index contributed by atoms with van der Waals surface area (Å²) in [5.74, 6) is 0.330. The minimum absolute atomic E-state index is 0.0983. The summed E-state index contributed by atoms with van der Waals surface area (Å²) in [6.07, 6.45) is 2.60. The van der Waals surface area contributed by atoms with Crippen molar-refractivity contribution in [2.24, 2.45) is 4.99 Å². The smallest absolute Gasteiger partial charge is 0.190 e. The molecule has 2 aromatic heterocycles. The lowest BCUT2D eigenvalue weighted by Gasteiger charge is -2.14. The molecule has 0 radical (unpaired) electrons. The van der Waals surface area contributed by atoms with Crippen LogP contribution in [0, 0.1) is 5.82 Å². The van der Waals surface area contributed by atoms with Crippen molar-refractivity contribution in [3.05, 3.63) is 57.6 Å². The normalized spacial score (nSPS) is 13.5. The lowest BCUT2D eigenvalue weighted by Crippen LogP contribution is -2.19. The fraction of sp³-hybridized carbons (Fsp3) is 0.235. The number of benzene rings is 1. The second kappa shape index (κ2) is 6.72. The van der Waals surface area contributed by atoms with Crippen LogP contribution in [0.4, 0.5) is 10.1 Å². The van der Waals surface area contributed by atoms with Gasteiger partial charge in [-0.2, -0.15) is 0 Å². The first-order valence-electron chi connectivity index (χ1n) is 7.33. The quantitative estimate of drug-likeness (QED) is 0.584. The summed E-state index contributed by atoms with van der Waals surface area (Å²) in [5.41, 5.74) is 1.51. The highest BCUT2D eigenvalue weighted by Crippen LogP contribution is 2.26. The van der Waals surface area contributed by atoms with E-state index in [1.807, 2.05) is 17.5 Å². The van der Waals surface area contributed by atoms with Gasteiger partial charge in [0.15, 0.2) is 10.6 Å². The van der Waals surface area contributed by atoms with Crippen molar-refractivity contribution >= 4 is 28.6 Å². The molecule has 0 aliphatic rings. The molecule has 3 aromatic rings. The monoisotopic (exact) mass is 350 g/mol. The summed E-state index contributed by atoms with van der Waals surface area (Å²) in [6, 6.07) is 8.60. The molecule has 0 aliphatic carbocycles. The molecule has 0 bridgehead atoms. The summed E-state index contributed by atoms with van der Waals surface area (Å²) in [4.78, 5) is 5.38. The zero-order chi connectivity index (χ0) is 16.4. The first-order chi connectivity index (χ1) is 11.1. The van der Waals surface area contributed by atoms with Crippen molar-refractivity contribution < 1.29 is 8.81 Å². The number of hydrogen-bond acceptors (Lipinski definition) is 3. The molecule has 0 spiro atoms. The van der Waals surface area contributed by atoms with E-state index in [2.05, 4.69) is 23.4 Å². The van der Waals surface area contributed by atoms with Crippen LogP contribution < -0.4 is 4.80 Å². The van der Waals surface area contributed by atoms with Gasteiger partial charge in [-0.05, 0) is 37.6 Å². The summed E-state index contributed by atoms with van der Waals surface area (Å²) in [6.45, 7) is 4.24. The van der Waals surface area contributed by atoms with Gasteiger partial charge in [0.1, 0.15) is 5.82 Å². The van der Waals surface area contributed by atoms with Gasteiger partial charge in [-0.1, -0.05) is 18.5 Å². The Morgan fingerprint density at radius 2 is 2.22 bits per heavy atom. The molecule has 120 valence electrons. The van der Waals surface area contributed by atoms with E-state index < -0.39 is 5.82 Å². The van der Waals surface area contributed by atoms with Crippen LogP contribution in [0.1, 0.15) is 26.3 Å². The molecule has 0 saturated carbocycles. The number of furan rings is 1. The van der Waals surface area contributed by atoms with E-state index in [0.29, 0.717) is 5.69 Å². The molecule has 2 heterocycles. The Morgan fingerprint density at radius 3 is 2.87 bits per heavy atom. The standard InChI is InChI=1S/C17H16ClFN2OS/c1-3-11(2)21-15(16-5-4-8-22-16)10-23-17(21)20-12-6-7-13(18)14(19)9-12/h4-11H,3H2,1-2H3. The second-order valence-electron chi connectivity index (χ2n) is 5.22. The number of aromatic nitrogens is 1. The number of halogens is 2. The van der Waals surface area contributed by atoms with Crippen molar-refractivity contribution in [2.75, 3.05) is 0 Å². The predicted molar refractivity (Wildman–Crippen MR) is 91.6 cm³/mol. The molecule has 6 heteroatoms. The molecule has 0 saturated heterocycles. The Balaban J connectivity index is 2.15. The number of nitrogens with zero attached hydrogens (tertiary/aromatic N) is 2. The van der Waals surface area contributed by atoms with E-state index in [4.69, 9.17) is 16.0 Å². The molecule has 1 aromatic carbocycles. The third-order valence-corrected chi connectivity index (χ3v) is 4.82. The van der Waals surface area contributed by atoms with Gasteiger partial charge in [-0.3, -0.25) is 0 Å². The number of thiazole rings is 1. The Kier molecular flexibility index (Phi) is 4.68. The zero-order valence-electron chi connectivity index (χ0n) is 12.8. The van der Waals surface area contributed by atoms with Crippen LogP contribution in [0.3, 0.4) is 0 Å². The van der Waals surface area contributed by atoms with Gasteiger partial charge in [0.2, 0.25) is 0 Å². The fourth-order valence-electron chi connectivity index (χ4n) is 2.28. The fourth-order valence-corrected chi connectivity index (χ4v) is 3.39. The van der Waals surface area contributed by atoms with Gasteiger partial charge in [0.25, 0.3) is 0 Å². The average molecular weight is 351 g/mol. The molecule has 23 heavy (non-hydrogen) atoms. The molecule has 3 nitrogen and oxygen atoms in total. The summed E-state index contributed by atoms with van der Waals surface area (Å²) >= 11 is 7.23. The number of hydrogen-bond donors (Lipinski definition) is 0. The minimum Gasteiger partial charge on any atom is -0.463 e. The van der Waals surface area contributed by atoms with E-state index in [1.165, 1.54) is 23.5 Å². The SMILES string of the molecule is CCC(C)n1c(-c2ccco2)csc1=Nc1ccc(Cl)c(F)c1. The maximum Gasteiger partial charge on any atom is 0.190 e. The second-order valence-corrected chi connectivity index (χ2v) is 6.46. The molecule has 0 N–H and O–H groups in total. The van der Waals surface area contributed by atoms with E-state index in [9.17, 15) is 4.39 Å². The van der Waals surface area contributed by atoms with Gasteiger partial charge < -0.3 is 8.98 Å². The largest absolute Gasteiger partial charge is 0.463 e. The van der Waals surface area contributed by atoms with Crippen molar-refractivity contribution in [1.29, 1.82) is 0 Å².